The summed E-state index contributed by atoms with van der Waals surface area (Å²) in [4.78, 5) is 4.58. The minimum Gasteiger partial charge on any atom is -0.494 e. The van der Waals surface area contributed by atoms with E-state index >= 15 is 0 Å². The molecule has 0 unspecified atom stereocenters. The molecule has 5 nitrogen and oxygen atoms in total. The maximum absolute atomic E-state index is 9.78. The molecule has 32 heavy (non-hydrogen) atoms. The van der Waals surface area contributed by atoms with Crippen LogP contribution < -0.4 is 14.2 Å². The van der Waals surface area contributed by atoms with Crippen molar-refractivity contribution >= 4 is 0 Å². The summed E-state index contributed by atoms with van der Waals surface area (Å²) in [5.41, 5.74) is 3.76. The molecule has 1 heterocycles. The Bertz CT molecular complexity index is 1040. The molecule has 0 saturated carbocycles. The number of rotatable bonds is 11. The number of unbranched alkanes of at least 4 members (excludes halogenated alkanes) is 2. The fourth-order valence-corrected chi connectivity index (χ4v) is 3.27. The molecule has 3 rings (SSSR count). The minimum absolute atomic E-state index is 0.312. The lowest BCUT2D eigenvalue weighted by atomic mass is 9.98. The average molecular weight is 431 g/mol. The molecule has 0 atom stereocenters. The molecule has 166 valence electrons. The molecule has 0 N–H and O–H groups in total. The van der Waals surface area contributed by atoms with E-state index in [-0.39, 0.29) is 0 Å². The molecule has 2 aromatic carbocycles. The van der Waals surface area contributed by atoms with Gasteiger partial charge in [-0.2, -0.15) is 5.26 Å². The highest BCUT2D eigenvalue weighted by atomic mass is 16.5. The van der Waals surface area contributed by atoms with Crippen LogP contribution >= 0.6 is 0 Å². The minimum atomic E-state index is 0.312. The van der Waals surface area contributed by atoms with Crippen molar-refractivity contribution in [3.05, 3.63) is 60.2 Å². The molecule has 0 saturated heterocycles. The zero-order valence-corrected chi connectivity index (χ0v) is 19.1. The molecule has 0 amide bonds. The molecule has 0 aliphatic heterocycles. The number of nitriles is 1. The van der Waals surface area contributed by atoms with Crippen molar-refractivity contribution in [1.82, 2.24) is 4.98 Å². The maximum atomic E-state index is 9.78. The van der Waals surface area contributed by atoms with Crippen LogP contribution in [0.4, 0.5) is 0 Å². The number of pyridine rings is 1. The fourth-order valence-electron chi connectivity index (χ4n) is 3.27. The number of aromatic nitrogens is 1. The lowest BCUT2D eigenvalue weighted by Crippen LogP contribution is -1.99. The summed E-state index contributed by atoms with van der Waals surface area (Å²) in [6.45, 7) is 5.68. The van der Waals surface area contributed by atoms with Gasteiger partial charge in [-0.25, -0.2) is 4.98 Å². The summed E-state index contributed by atoms with van der Waals surface area (Å²) >= 11 is 0. The summed E-state index contributed by atoms with van der Waals surface area (Å²) < 4.78 is 17.0. The van der Waals surface area contributed by atoms with Gasteiger partial charge < -0.3 is 14.2 Å². The van der Waals surface area contributed by atoms with Gasteiger partial charge in [-0.15, -0.1) is 0 Å². The molecular weight excluding hydrogens is 400 g/mol. The zero-order valence-electron chi connectivity index (χ0n) is 19.1. The highest BCUT2D eigenvalue weighted by Gasteiger charge is 2.16. The van der Waals surface area contributed by atoms with E-state index in [1.807, 2.05) is 54.6 Å². The Kier molecular flexibility index (Phi) is 8.51. The van der Waals surface area contributed by atoms with Gasteiger partial charge in [-0.05, 0) is 60.9 Å². The number of hydrogen-bond donors (Lipinski definition) is 0. The molecule has 0 radical (unpaired) electrons. The van der Waals surface area contributed by atoms with Crippen molar-refractivity contribution in [3.8, 4) is 45.8 Å². The predicted octanol–water partition coefficient (Wildman–Crippen LogP) is 6.65. The molecule has 0 bridgehead atoms. The number of ether oxygens (including phenoxy) is 3. The van der Waals surface area contributed by atoms with E-state index in [1.165, 1.54) is 7.11 Å². The molecule has 0 spiro atoms. The Morgan fingerprint density at radius 2 is 1.34 bits per heavy atom. The number of nitrogens with zero attached hydrogens (tertiary/aromatic N) is 2. The molecular formula is C27H30N2O3. The second-order valence-electron chi connectivity index (χ2n) is 7.50. The SMILES string of the molecule is CCCCOc1ccc(-c2cc(-c3ccc(OCCCC)cc3)c(C#N)c(OC)n2)cc1. The largest absolute Gasteiger partial charge is 0.494 e. The van der Waals surface area contributed by atoms with Crippen LogP contribution in [-0.2, 0) is 0 Å². The first-order valence-electron chi connectivity index (χ1n) is 11.2. The van der Waals surface area contributed by atoms with Crippen molar-refractivity contribution in [3.63, 3.8) is 0 Å². The van der Waals surface area contributed by atoms with Crippen LogP contribution in [0.2, 0.25) is 0 Å². The van der Waals surface area contributed by atoms with Gasteiger partial charge in [0, 0.05) is 11.1 Å². The normalized spacial score (nSPS) is 10.4. The van der Waals surface area contributed by atoms with Gasteiger partial charge in [-0.1, -0.05) is 38.8 Å². The molecule has 3 aromatic rings. The molecule has 1 aromatic heterocycles. The Hall–Kier alpha value is -3.52. The Labute approximate surface area is 190 Å². The van der Waals surface area contributed by atoms with Gasteiger partial charge in [0.2, 0.25) is 5.88 Å². The summed E-state index contributed by atoms with van der Waals surface area (Å²) in [5.74, 6) is 1.97. The first-order valence-corrected chi connectivity index (χ1v) is 11.2. The summed E-state index contributed by atoms with van der Waals surface area (Å²) in [6.07, 6.45) is 4.24. The van der Waals surface area contributed by atoms with Gasteiger partial charge >= 0.3 is 0 Å². The Balaban J connectivity index is 1.92. The first-order chi connectivity index (χ1) is 15.7. The van der Waals surface area contributed by atoms with E-state index in [1.54, 1.807) is 0 Å². The van der Waals surface area contributed by atoms with E-state index in [4.69, 9.17) is 14.2 Å². The van der Waals surface area contributed by atoms with Crippen molar-refractivity contribution in [2.75, 3.05) is 20.3 Å². The quantitative estimate of drug-likeness (QED) is 0.319. The molecule has 0 fully saturated rings. The first kappa shape index (κ1) is 23.1. The smallest absolute Gasteiger partial charge is 0.232 e. The predicted molar refractivity (Wildman–Crippen MR) is 127 cm³/mol. The third kappa shape index (κ3) is 5.79. The van der Waals surface area contributed by atoms with Crippen molar-refractivity contribution in [1.29, 1.82) is 5.26 Å². The van der Waals surface area contributed by atoms with E-state index < -0.39 is 0 Å². The summed E-state index contributed by atoms with van der Waals surface area (Å²) in [5, 5.41) is 9.78. The van der Waals surface area contributed by atoms with E-state index in [2.05, 4.69) is 24.9 Å². The van der Waals surface area contributed by atoms with Gasteiger partial charge in [0.05, 0.1) is 26.0 Å². The van der Waals surface area contributed by atoms with Gasteiger partial charge in [0.15, 0.2) is 0 Å². The van der Waals surface area contributed by atoms with Crippen LogP contribution in [-0.4, -0.2) is 25.3 Å². The Morgan fingerprint density at radius 1 is 0.812 bits per heavy atom. The van der Waals surface area contributed by atoms with Crippen molar-refractivity contribution < 1.29 is 14.2 Å². The van der Waals surface area contributed by atoms with Crippen LogP contribution in [0.5, 0.6) is 17.4 Å². The average Bonchev–Trinajstić information content (AvgIpc) is 2.84. The summed E-state index contributed by atoms with van der Waals surface area (Å²) in [7, 11) is 1.53. The van der Waals surface area contributed by atoms with Crippen molar-refractivity contribution in [2.45, 2.75) is 39.5 Å². The van der Waals surface area contributed by atoms with E-state index in [9.17, 15) is 5.26 Å². The lowest BCUT2D eigenvalue weighted by molar-refractivity contribution is 0.309. The highest BCUT2D eigenvalue weighted by Crippen LogP contribution is 2.34. The third-order valence-corrected chi connectivity index (χ3v) is 5.14. The highest BCUT2D eigenvalue weighted by molar-refractivity contribution is 5.78. The van der Waals surface area contributed by atoms with Crippen LogP contribution in [0.1, 0.15) is 45.1 Å². The number of methoxy groups -OCH3 is 1. The van der Waals surface area contributed by atoms with Crippen LogP contribution in [0.25, 0.3) is 22.4 Å². The van der Waals surface area contributed by atoms with E-state index in [0.29, 0.717) is 24.7 Å². The van der Waals surface area contributed by atoms with Gasteiger partial charge in [-0.3, -0.25) is 0 Å². The monoisotopic (exact) mass is 430 g/mol. The third-order valence-electron chi connectivity index (χ3n) is 5.14. The molecule has 5 heteroatoms. The molecule has 0 aliphatic rings. The van der Waals surface area contributed by atoms with Crippen molar-refractivity contribution in [2.24, 2.45) is 0 Å². The Morgan fingerprint density at radius 3 is 1.81 bits per heavy atom. The summed E-state index contributed by atoms with van der Waals surface area (Å²) in [6, 6.07) is 19.8. The van der Waals surface area contributed by atoms with Crippen LogP contribution in [0.3, 0.4) is 0 Å². The lowest BCUT2D eigenvalue weighted by Gasteiger charge is -2.13. The van der Waals surface area contributed by atoms with Gasteiger partial charge in [0.25, 0.3) is 0 Å². The number of benzene rings is 2. The van der Waals surface area contributed by atoms with E-state index in [0.717, 1.165) is 59.6 Å². The van der Waals surface area contributed by atoms with Gasteiger partial charge in [0.1, 0.15) is 23.1 Å². The zero-order chi connectivity index (χ0) is 22.8. The fraction of sp³-hybridized carbons (Fsp3) is 0.333. The second kappa shape index (κ2) is 11.8. The topological polar surface area (TPSA) is 64.4 Å². The standard InChI is InChI=1S/C27H30N2O3/c1-4-6-16-31-22-12-8-20(9-13-22)24-18-26(29-27(30-3)25(24)19-28)21-10-14-23(15-11-21)32-17-7-5-2/h8-15,18H,4-7,16-17H2,1-3H3. The van der Waals surface area contributed by atoms with Crippen LogP contribution in [0, 0.1) is 11.3 Å². The number of hydrogen-bond acceptors (Lipinski definition) is 5. The maximum Gasteiger partial charge on any atom is 0.232 e. The second-order valence-corrected chi connectivity index (χ2v) is 7.50. The molecule has 0 aliphatic carbocycles. The van der Waals surface area contributed by atoms with Crippen LogP contribution in [0.15, 0.2) is 54.6 Å².